The molecule has 4 nitrogen and oxygen atoms in total. The quantitative estimate of drug-likeness (QED) is 0.700. The summed E-state index contributed by atoms with van der Waals surface area (Å²) in [6, 6.07) is 0.612. The van der Waals surface area contributed by atoms with Crippen LogP contribution in [0.3, 0.4) is 0 Å². The summed E-state index contributed by atoms with van der Waals surface area (Å²) in [5, 5.41) is 3.06. The van der Waals surface area contributed by atoms with Crippen molar-refractivity contribution in [3.63, 3.8) is 0 Å². The highest BCUT2D eigenvalue weighted by molar-refractivity contribution is 5.94. The number of unbranched alkanes of at least 4 members (excludes halogenated alkanes) is 2. The van der Waals surface area contributed by atoms with Crippen LogP contribution >= 0.6 is 0 Å². The zero-order chi connectivity index (χ0) is 10.4. The van der Waals surface area contributed by atoms with Crippen LogP contribution in [0.25, 0.3) is 0 Å². The fourth-order valence-corrected chi connectivity index (χ4v) is 1.29. The van der Waals surface area contributed by atoms with Crippen molar-refractivity contribution in [2.75, 3.05) is 6.61 Å². The number of hydrogen-bond acceptors (Lipinski definition) is 4. The van der Waals surface area contributed by atoms with Gasteiger partial charge in [0.2, 0.25) is 0 Å². The van der Waals surface area contributed by atoms with E-state index in [0.29, 0.717) is 6.02 Å². The van der Waals surface area contributed by atoms with Gasteiger partial charge in [-0.1, -0.05) is 19.8 Å². The Kier molecular flexibility index (Phi) is 4.43. The van der Waals surface area contributed by atoms with Crippen LogP contribution in [-0.4, -0.2) is 24.6 Å². The molecule has 1 rings (SSSR count). The summed E-state index contributed by atoms with van der Waals surface area (Å²) in [7, 11) is 0. The molecule has 1 atom stereocenters. The molecular weight excluding hydrogens is 178 g/mol. The predicted molar refractivity (Wildman–Crippen MR) is 58.6 cm³/mol. The number of amidine groups is 2. The average Bonchev–Trinajstić information content (AvgIpc) is 2.11. The maximum absolute atomic E-state index is 5.48. The molecule has 0 aromatic rings. The number of ether oxygens (including phenoxy) is 1. The summed E-state index contributed by atoms with van der Waals surface area (Å²) in [6.45, 7) is 6.77. The molecule has 0 spiro atoms. The lowest BCUT2D eigenvalue weighted by atomic mass is 10.3. The SMILES string of the molecule is CCCCCOC1=NC(C)=NC(C)N1. The van der Waals surface area contributed by atoms with E-state index in [0.717, 1.165) is 18.9 Å². The monoisotopic (exact) mass is 197 g/mol. The molecule has 0 aliphatic carbocycles. The van der Waals surface area contributed by atoms with Crippen LogP contribution in [0.15, 0.2) is 9.98 Å². The molecule has 0 aromatic carbocycles. The number of nitrogens with zero attached hydrogens (tertiary/aromatic N) is 2. The van der Waals surface area contributed by atoms with Gasteiger partial charge in [0, 0.05) is 0 Å². The van der Waals surface area contributed by atoms with E-state index in [1.807, 2.05) is 13.8 Å². The predicted octanol–water partition coefficient (Wildman–Crippen LogP) is 1.92. The van der Waals surface area contributed by atoms with Gasteiger partial charge < -0.3 is 10.1 Å². The van der Waals surface area contributed by atoms with Gasteiger partial charge in [-0.15, -0.1) is 0 Å². The molecule has 1 aliphatic heterocycles. The van der Waals surface area contributed by atoms with E-state index in [9.17, 15) is 0 Å². The Morgan fingerprint density at radius 3 is 2.86 bits per heavy atom. The Hall–Kier alpha value is -1.06. The lowest BCUT2D eigenvalue weighted by molar-refractivity contribution is 0.274. The first-order valence-electron chi connectivity index (χ1n) is 5.24. The fraction of sp³-hybridized carbons (Fsp3) is 0.800. The summed E-state index contributed by atoms with van der Waals surface area (Å²) >= 11 is 0. The molecule has 14 heavy (non-hydrogen) atoms. The van der Waals surface area contributed by atoms with Gasteiger partial charge >= 0.3 is 0 Å². The van der Waals surface area contributed by atoms with Crippen LogP contribution < -0.4 is 5.32 Å². The Balaban J connectivity index is 2.27. The fourth-order valence-electron chi connectivity index (χ4n) is 1.29. The maximum Gasteiger partial charge on any atom is 0.292 e. The zero-order valence-corrected chi connectivity index (χ0v) is 9.21. The molecule has 0 bridgehead atoms. The third-order valence-electron chi connectivity index (χ3n) is 1.96. The molecule has 4 heteroatoms. The van der Waals surface area contributed by atoms with Crippen molar-refractivity contribution in [2.24, 2.45) is 9.98 Å². The van der Waals surface area contributed by atoms with Crippen molar-refractivity contribution >= 4 is 11.9 Å². The first kappa shape index (κ1) is 11.0. The van der Waals surface area contributed by atoms with E-state index >= 15 is 0 Å². The standard InChI is InChI=1S/C10H19N3O/c1-4-5-6-7-14-10-12-8(2)11-9(3)13-10/h8H,4-7H2,1-3H3,(H,11,12,13). The van der Waals surface area contributed by atoms with Gasteiger partial charge in [-0.05, 0) is 20.3 Å². The molecular formula is C10H19N3O. The van der Waals surface area contributed by atoms with E-state index in [2.05, 4.69) is 22.2 Å². The van der Waals surface area contributed by atoms with Crippen molar-refractivity contribution < 1.29 is 4.74 Å². The van der Waals surface area contributed by atoms with E-state index in [-0.39, 0.29) is 6.17 Å². The normalized spacial score (nSPS) is 20.9. The summed E-state index contributed by atoms with van der Waals surface area (Å²) in [5.41, 5.74) is 0. The lowest BCUT2D eigenvalue weighted by Crippen LogP contribution is -2.37. The summed E-state index contributed by atoms with van der Waals surface area (Å²) in [4.78, 5) is 8.38. The molecule has 1 unspecified atom stereocenters. The van der Waals surface area contributed by atoms with Gasteiger partial charge in [0.05, 0.1) is 6.61 Å². The van der Waals surface area contributed by atoms with Crippen molar-refractivity contribution in [3.8, 4) is 0 Å². The van der Waals surface area contributed by atoms with E-state index in [1.165, 1.54) is 12.8 Å². The third kappa shape index (κ3) is 3.77. The smallest absolute Gasteiger partial charge is 0.292 e. The molecule has 1 aliphatic rings. The minimum absolute atomic E-state index is 0.0775. The number of rotatable bonds is 4. The van der Waals surface area contributed by atoms with Crippen LogP contribution in [-0.2, 0) is 4.74 Å². The van der Waals surface area contributed by atoms with Crippen LogP contribution in [0, 0.1) is 0 Å². The highest BCUT2D eigenvalue weighted by atomic mass is 16.5. The van der Waals surface area contributed by atoms with Gasteiger partial charge in [0.1, 0.15) is 12.0 Å². The molecule has 0 aromatic heterocycles. The molecule has 0 fully saturated rings. The van der Waals surface area contributed by atoms with Crippen LogP contribution in [0.2, 0.25) is 0 Å². The Morgan fingerprint density at radius 1 is 1.43 bits per heavy atom. The molecule has 0 radical (unpaired) electrons. The highest BCUT2D eigenvalue weighted by Crippen LogP contribution is 1.99. The van der Waals surface area contributed by atoms with Gasteiger partial charge in [-0.25, -0.2) is 4.99 Å². The molecule has 80 valence electrons. The summed E-state index contributed by atoms with van der Waals surface area (Å²) < 4.78 is 5.48. The molecule has 0 saturated heterocycles. The van der Waals surface area contributed by atoms with Gasteiger partial charge in [-0.3, -0.25) is 0 Å². The highest BCUT2D eigenvalue weighted by Gasteiger charge is 2.10. The number of hydrogen-bond donors (Lipinski definition) is 1. The van der Waals surface area contributed by atoms with E-state index in [4.69, 9.17) is 4.74 Å². The second-order valence-electron chi connectivity index (χ2n) is 3.47. The topological polar surface area (TPSA) is 46.0 Å². The van der Waals surface area contributed by atoms with Crippen LogP contribution in [0.5, 0.6) is 0 Å². The number of aliphatic imine (C=N–C) groups is 2. The second kappa shape index (κ2) is 5.62. The second-order valence-corrected chi connectivity index (χ2v) is 3.47. The van der Waals surface area contributed by atoms with Crippen LogP contribution in [0.1, 0.15) is 40.0 Å². The van der Waals surface area contributed by atoms with Crippen molar-refractivity contribution in [1.29, 1.82) is 0 Å². The lowest BCUT2D eigenvalue weighted by Gasteiger charge is -2.18. The summed E-state index contributed by atoms with van der Waals surface area (Å²) in [5.74, 6) is 0.779. The Bertz CT molecular complexity index is 236. The largest absolute Gasteiger partial charge is 0.465 e. The third-order valence-corrected chi connectivity index (χ3v) is 1.96. The molecule has 1 N–H and O–H groups in total. The van der Waals surface area contributed by atoms with Crippen molar-refractivity contribution in [1.82, 2.24) is 5.32 Å². The summed E-state index contributed by atoms with van der Waals surface area (Å²) in [6.07, 6.45) is 3.58. The Labute approximate surface area is 85.5 Å². The van der Waals surface area contributed by atoms with Gasteiger partial charge in [0.15, 0.2) is 0 Å². The van der Waals surface area contributed by atoms with Crippen LogP contribution in [0.4, 0.5) is 0 Å². The molecule has 0 amide bonds. The minimum atomic E-state index is 0.0775. The van der Waals surface area contributed by atoms with Gasteiger partial charge in [0.25, 0.3) is 6.02 Å². The van der Waals surface area contributed by atoms with Crippen molar-refractivity contribution in [3.05, 3.63) is 0 Å². The minimum Gasteiger partial charge on any atom is -0.465 e. The molecule has 0 saturated carbocycles. The van der Waals surface area contributed by atoms with E-state index in [1.54, 1.807) is 0 Å². The zero-order valence-electron chi connectivity index (χ0n) is 9.21. The Morgan fingerprint density at radius 2 is 2.21 bits per heavy atom. The average molecular weight is 197 g/mol. The first-order valence-corrected chi connectivity index (χ1v) is 5.24. The molecule has 1 heterocycles. The van der Waals surface area contributed by atoms with E-state index < -0.39 is 0 Å². The first-order chi connectivity index (χ1) is 6.72. The van der Waals surface area contributed by atoms with Crippen molar-refractivity contribution in [2.45, 2.75) is 46.2 Å². The van der Waals surface area contributed by atoms with Gasteiger partial charge in [-0.2, -0.15) is 4.99 Å². The number of nitrogens with one attached hydrogen (secondary N) is 1. The maximum atomic E-state index is 5.48.